The van der Waals surface area contributed by atoms with E-state index in [1.54, 1.807) is 0 Å². The van der Waals surface area contributed by atoms with Crippen LogP contribution in [0.25, 0.3) is 11.1 Å². The van der Waals surface area contributed by atoms with Gasteiger partial charge in [0.2, 0.25) is 0 Å². The van der Waals surface area contributed by atoms with Gasteiger partial charge in [-0.05, 0) is 61.1 Å². The summed E-state index contributed by atoms with van der Waals surface area (Å²) in [7, 11) is 0. The summed E-state index contributed by atoms with van der Waals surface area (Å²) in [4.78, 5) is 19.4. The van der Waals surface area contributed by atoms with Crippen LogP contribution in [0.15, 0.2) is 42.5 Å². The van der Waals surface area contributed by atoms with Gasteiger partial charge >= 0.3 is 0 Å². The van der Waals surface area contributed by atoms with Gasteiger partial charge in [0.25, 0.3) is 5.91 Å². The van der Waals surface area contributed by atoms with Crippen LogP contribution >= 0.6 is 0 Å². The number of carbonyl (C=O) groups excluding carboxylic acids is 1. The summed E-state index contributed by atoms with van der Waals surface area (Å²) in [6.07, 6.45) is 2.30. The molecule has 5 nitrogen and oxygen atoms in total. The van der Waals surface area contributed by atoms with Crippen molar-refractivity contribution < 1.29 is 9.90 Å². The third-order valence-electron chi connectivity index (χ3n) is 6.84. The molecule has 0 radical (unpaired) electrons. The van der Waals surface area contributed by atoms with Gasteiger partial charge in [-0.2, -0.15) is 0 Å². The molecule has 5 heteroatoms. The quantitative estimate of drug-likeness (QED) is 0.801. The number of β-amino-alcohol motifs (C(OH)–C–C–N with tert-alkyl or cyclic N) is 1. The summed E-state index contributed by atoms with van der Waals surface area (Å²) < 4.78 is 0. The number of amides is 1. The molecule has 1 aliphatic carbocycles. The van der Waals surface area contributed by atoms with E-state index in [1.165, 1.54) is 16.7 Å². The molecule has 2 fully saturated rings. The van der Waals surface area contributed by atoms with Crippen molar-refractivity contribution in [1.82, 2.24) is 14.7 Å². The lowest BCUT2D eigenvalue weighted by molar-refractivity contribution is 0.0766. The molecule has 0 spiro atoms. The first-order valence-corrected chi connectivity index (χ1v) is 11.1. The summed E-state index contributed by atoms with van der Waals surface area (Å²) in [6, 6.07) is 15.6. The molecular formula is C25H31N3O2. The van der Waals surface area contributed by atoms with E-state index in [0.717, 1.165) is 56.8 Å². The van der Waals surface area contributed by atoms with Crippen molar-refractivity contribution in [2.45, 2.75) is 51.4 Å². The summed E-state index contributed by atoms with van der Waals surface area (Å²) >= 11 is 0. The Bertz CT molecular complexity index is 949. The smallest absolute Gasteiger partial charge is 0.254 e. The Morgan fingerprint density at radius 2 is 1.80 bits per heavy atom. The predicted octanol–water partition coefficient (Wildman–Crippen LogP) is 3.32. The Morgan fingerprint density at radius 3 is 2.50 bits per heavy atom. The molecule has 158 valence electrons. The van der Waals surface area contributed by atoms with Crippen molar-refractivity contribution in [1.29, 1.82) is 0 Å². The first-order chi connectivity index (χ1) is 14.4. The van der Waals surface area contributed by atoms with E-state index in [4.69, 9.17) is 0 Å². The second-order valence-electron chi connectivity index (χ2n) is 9.66. The lowest BCUT2D eigenvalue weighted by Crippen LogP contribution is -2.39. The van der Waals surface area contributed by atoms with Gasteiger partial charge in [0.05, 0.1) is 13.3 Å². The SMILES string of the molecule is CC1(C)CN(CCO)CN1Cc1ccc(-c2ccc3c(c2)CN(C2CC2)C3=O)cc1. The molecule has 1 saturated carbocycles. The van der Waals surface area contributed by atoms with Gasteiger partial charge in [0, 0.05) is 43.3 Å². The highest BCUT2D eigenvalue weighted by Gasteiger charge is 2.38. The fraction of sp³-hybridized carbons (Fsp3) is 0.480. The maximum Gasteiger partial charge on any atom is 0.254 e. The molecule has 2 aliphatic heterocycles. The van der Waals surface area contributed by atoms with Gasteiger partial charge in [-0.25, -0.2) is 0 Å². The third kappa shape index (κ3) is 3.66. The minimum Gasteiger partial charge on any atom is -0.395 e. The summed E-state index contributed by atoms with van der Waals surface area (Å²) in [5.74, 6) is 0.206. The van der Waals surface area contributed by atoms with E-state index in [0.29, 0.717) is 6.04 Å². The number of fused-ring (bicyclic) bond motifs is 1. The second kappa shape index (κ2) is 7.49. The average molecular weight is 406 g/mol. The zero-order chi connectivity index (χ0) is 20.9. The molecule has 3 aliphatic rings. The Hall–Kier alpha value is -2.21. The Kier molecular flexibility index (Phi) is 4.92. The molecule has 2 aromatic rings. The number of hydrogen-bond acceptors (Lipinski definition) is 4. The van der Waals surface area contributed by atoms with Gasteiger partial charge in [-0.1, -0.05) is 30.3 Å². The maximum absolute atomic E-state index is 12.6. The molecule has 2 heterocycles. The third-order valence-corrected chi connectivity index (χ3v) is 6.84. The molecule has 0 bridgehead atoms. The average Bonchev–Trinajstić information content (AvgIpc) is 3.46. The molecule has 2 aromatic carbocycles. The summed E-state index contributed by atoms with van der Waals surface area (Å²) in [5.41, 5.74) is 5.83. The fourth-order valence-corrected chi connectivity index (χ4v) is 4.91. The van der Waals surface area contributed by atoms with Gasteiger partial charge in [-0.3, -0.25) is 14.6 Å². The fourth-order valence-electron chi connectivity index (χ4n) is 4.91. The lowest BCUT2D eigenvalue weighted by Gasteiger charge is -2.30. The number of benzene rings is 2. The Balaban J connectivity index is 1.29. The van der Waals surface area contributed by atoms with Gasteiger partial charge in [-0.15, -0.1) is 0 Å². The van der Waals surface area contributed by atoms with Crippen LogP contribution in [0.1, 0.15) is 48.2 Å². The van der Waals surface area contributed by atoms with Crippen molar-refractivity contribution in [3.8, 4) is 11.1 Å². The first kappa shape index (κ1) is 19.7. The summed E-state index contributed by atoms with van der Waals surface area (Å²) in [6.45, 7) is 9.04. The molecule has 1 N–H and O–H groups in total. The van der Waals surface area contributed by atoms with E-state index >= 15 is 0 Å². The van der Waals surface area contributed by atoms with Crippen LogP contribution in [-0.4, -0.2) is 63.7 Å². The number of nitrogens with zero attached hydrogens (tertiary/aromatic N) is 3. The molecule has 30 heavy (non-hydrogen) atoms. The zero-order valence-corrected chi connectivity index (χ0v) is 18.0. The number of aliphatic hydroxyl groups excluding tert-OH is 1. The zero-order valence-electron chi connectivity index (χ0n) is 18.0. The van der Waals surface area contributed by atoms with Crippen LogP contribution in [0, 0.1) is 0 Å². The Labute approximate surface area is 178 Å². The monoisotopic (exact) mass is 405 g/mol. The van der Waals surface area contributed by atoms with Gasteiger partial charge < -0.3 is 10.0 Å². The highest BCUT2D eigenvalue weighted by molar-refractivity contribution is 5.99. The van der Waals surface area contributed by atoms with E-state index < -0.39 is 0 Å². The second-order valence-corrected chi connectivity index (χ2v) is 9.66. The molecule has 0 aromatic heterocycles. The normalized spacial score (nSPS) is 21.4. The minimum absolute atomic E-state index is 0.105. The van der Waals surface area contributed by atoms with Crippen molar-refractivity contribution in [2.24, 2.45) is 0 Å². The van der Waals surface area contributed by atoms with Crippen LogP contribution in [0.4, 0.5) is 0 Å². The topological polar surface area (TPSA) is 47.0 Å². The van der Waals surface area contributed by atoms with Crippen LogP contribution in [-0.2, 0) is 13.1 Å². The van der Waals surface area contributed by atoms with Crippen molar-refractivity contribution in [3.63, 3.8) is 0 Å². The number of hydrogen-bond donors (Lipinski definition) is 1. The van der Waals surface area contributed by atoms with Crippen LogP contribution < -0.4 is 0 Å². The lowest BCUT2D eigenvalue weighted by atomic mass is 9.99. The highest BCUT2D eigenvalue weighted by Crippen LogP contribution is 2.36. The van der Waals surface area contributed by atoms with E-state index in [9.17, 15) is 9.90 Å². The standard InChI is InChI=1S/C25H31N3O2/c1-25(2)16-26(11-12-29)17-27(25)14-18-3-5-19(6-4-18)20-7-10-23-21(13-20)15-28(24(23)30)22-8-9-22/h3-7,10,13,22,29H,8-9,11-12,14-17H2,1-2H3. The van der Waals surface area contributed by atoms with E-state index in [2.05, 4.69) is 60.0 Å². The summed E-state index contributed by atoms with van der Waals surface area (Å²) in [5, 5.41) is 9.25. The van der Waals surface area contributed by atoms with Crippen molar-refractivity contribution in [3.05, 3.63) is 59.2 Å². The molecule has 5 rings (SSSR count). The predicted molar refractivity (Wildman–Crippen MR) is 118 cm³/mol. The van der Waals surface area contributed by atoms with Crippen LogP contribution in [0.3, 0.4) is 0 Å². The van der Waals surface area contributed by atoms with Crippen LogP contribution in [0.5, 0.6) is 0 Å². The molecule has 0 atom stereocenters. The number of aliphatic hydroxyl groups is 1. The molecule has 1 amide bonds. The Morgan fingerprint density at radius 1 is 1.07 bits per heavy atom. The molecule has 0 unspecified atom stereocenters. The van der Waals surface area contributed by atoms with Gasteiger partial charge in [0.1, 0.15) is 0 Å². The largest absolute Gasteiger partial charge is 0.395 e. The number of rotatable bonds is 6. The maximum atomic E-state index is 12.6. The van der Waals surface area contributed by atoms with Crippen molar-refractivity contribution in [2.75, 3.05) is 26.4 Å². The van der Waals surface area contributed by atoms with Gasteiger partial charge in [0.15, 0.2) is 0 Å². The minimum atomic E-state index is 0.105. The first-order valence-electron chi connectivity index (χ1n) is 11.1. The molecule has 1 saturated heterocycles. The highest BCUT2D eigenvalue weighted by atomic mass is 16.3. The van der Waals surface area contributed by atoms with E-state index in [1.807, 2.05) is 11.0 Å². The molecular weight excluding hydrogens is 374 g/mol. The van der Waals surface area contributed by atoms with Crippen molar-refractivity contribution >= 4 is 5.91 Å². The number of carbonyl (C=O) groups is 1. The van der Waals surface area contributed by atoms with E-state index in [-0.39, 0.29) is 18.1 Å². The van der Waals surface area contributed by atoms with Crippen LogP contribution in [0.2, 0.25) is 0 Å².